The lowest BCUT2D eigenvalue weighted by molar-refractivity contribution is 0.108. The second kappa shape index (κ2) is 6.88. The molecule has 2 aromatic carbocycles. The van der Waals surface area contributed by atoms with Gasteiger partial charge in [-0.25, -0.2) is 4.39 Å². The molecule has 0 spiro atoms. The van der Waals surface area contributed by atoms with Crippen LogP contribution in [0, 0.1) is 25.6 Å². The summed E-state index contributed by atoms with van der Waals surface area (Å²) in [5, 5.41) is 0.962. The zero-order valence-corrected chi connectivity index (χ0v) is 15.8. The van der Waals surface area contributed by atoms with Gasteiger partial charge in [-0.2, -0.15) is 0 Å². The molecular formula is C23H27FN2. The van der Waals surface area contributed by atoms with Crippen LogP contribution in [0.4, 0.5) is 4.39 Å². The highest BCUT2D eigenvalue weighted by Gasteiger charge is 2.28. The number of aromatic nitrogens is 1. The van der Waals surface area contributed by atoms with E-state index < -0.39 is 0 Å². The van der Waals surface area contributed by atoms with Crippen LogP contribution in [0.2, 0.25) is 0 Å². The molecule has 1 aliphatic rings. The molecule has 0 saturated carbocycles. The van der Waals surface area contributed by atoms with E-state index in [9.17, 15) is 4.39 Å². The van der Waals surface area contributed by atoms with Crippen LogP contribution in [-0.4, -0.2) is 16.4 Å². The molecule has 0 aliphatic carbocycles. The zero-order valence-electron chi connectivity index (χ0n) is 15.8. The molecule has 136 valence electrons. The van der Waals surface area contributed by atoms with Crippen LogP contribution < -0.4 is 0 Å². The molecule has 4 rings (SSSR count). The minimum Gasteiger partial charge on any atom is -0.357 e. The van der Waals surface area contributed by atoms with Gasteiger partial charge in [-0.05, 0) is 80.1 Å². The van der Waals surface area contributed by atoms with Crippen molar-refractivity contribution in [2.24, 2.45) is 5.92 Å². The molecule has 0 radical (unpaired) electrons. The summed E-state index contributed by atoms with van der Waals surface area (Å²) >= 11 is 0. The van der Waals surface area contributed by atoms with E-state index in [1.807, 2.05) is 6.07 Å². The fourth-order valence-corrected chi connectivity index (χ4v) is 4.14. The van der Waals surface area contributed by atoms with Crippen LogP contribution in [0.25, 0.3) is 10.9 Å². The van der Waals surface area contributed by atoms with E-state index in [0.29, 0.717) is 12.0 Å². The summed E-state index contributed by atoms with van der Waals surface area (Å²) in [4.78, 5) is 6.12. The molecule has 1 aliphatic heterocycles. The molecule has 2 unspecified atom stereocenters. The first-order chi connectivity index (χ1) is 12.5. The summed E-state index contributed by atoms with van der Waals surface area (Å²) in [5.74, 6) is 0.534. The average Bonchev–Trinajstić information content (AvgIpc) is 3.02. The number of likely N-dealkylation sites (tertiary alicyclic amines) is 1. The minimum absolute atomic E-state index is 0.174. The molecule has 1 saturated heterocycles. The number of hydrogen-bond donors (Lipinski definition) is 1. The number of halogens is 1. The molecule has 1 N–H and O–H groups in total. The van der Waals surface area contributed by atoms with Crippen LogP contribution in [-0.2, 0) is 6.54 Å². The fourth-order valence-electron chi connectivity index (χ4n) is 4.14. The second-order valence-corrected chi connectivity index (χ2v) is 7.99. The van der Waals surface area contributed by atoms with Crippen molar-refractivity contribution >= 4 is 10.9 Å². The van der Waals surface area contributed by atoms with Gasteiger partial charge >= 0.3 is 0 Å². The lowest BCUT2D eigenvalue weighted by Gasteiger charge is -2.38. The van der Waals surface area contributed by atoms with Crippen molar-refractivity contribution in [2.75, 3.05) is 6.54 Å². The van der Waals surface area contributed by atoms with Crippen LogP contribution in [0.3, 0.4) is 0 Å². The highest BCUT2D eigenvalue weighted by atomic mass is 19.1. The van der Waals surface area contributed by atoms with Crippen molar-refractivity contribution in [1.82, 2.24) is 9.88 Å². The molecule has 3 aromatic rings. The Morgan fingerprint density at radius 1 is 1.08 bits per heavy atom. The predicted molar refractivity (Wildman–Crippen MR) is 106 cm³/mol. The molecule has 1 aromatic heterocycles. The van der Waals surface area contributed by atoms with E-state index in [1.54, 1.807) is 6.07 Å². The standard InChI is InChI=1S/C23H27FN2/c1-15-8-9-26(14-18-5-4-16(2)17(3)11-18)23(10-15)22-13-19-12-20(24)6-7-21(19)25-22/h4-7,11-13,15,23,25H,8-10,14H2,1-3H3. The number of hydrogen-bond acceptors (Lipinski definition) is 1. The first-order valence-corrected chi connectivity index (χ1v) is 9.58. The van der Waals surface area contributed by atoms with Gasteiger partial charge in [-0.15, -0.1) is 0 Å². The number of H-pyrrole nitrogens is 1. The van der Waals surface area contributed by atoms with E-state index in [2.05, 4.69) is 54.9 Å². The average molecular weight is 350 g/mol. The Bertz CT molecular complexity index is 927. The van der Waals surface area contributed by atoms with Crippen LogP contribution in [0.5, 0.6) is 0 Å². The summed E-state index contributed by atoms with van der Waals surface area (Å²) in [6.45, 7) is 8.74. The Morgan fingerprint density at radius 2 is 1.92 bits per heavy atom. The molecule has 2 nitrogen and oxygen atoms in total. The highest BCUT2D eigenvalue weighted by Crippen LogP contribution is 2.36. The first kappa shape index (κ1) is 17.3. The Balaban J connectivity index is 1.64. The summed E-state index contributed by atoms with van der Waals surface area (Å²) in [6.07, 6.45) is 2.37. The van der Waals surface area contributed by atoms with E-state index in [4.69, 9.17) is 0 Å². The van der Waals surface area contributed by atoms with Crippen molar-refractivity contribution in [2.45, 2.75) is 46.2 Å². The van der Waals surface area contributed by atoms with Gasteiger partial charge in [0.1, 0.15) is 5.82 Å². The van der Waals surface area contributed by atoms with E-state index in [-0.39, 0.29) is 5.82 Å². The van der Waals surface area contributed by atoms with E-state index in [0.717, 1.165) is 30.4 Å². The summed E-state index contributed by atoms with van der Waals surface area (Å²) in [7, 11) is 0. The van der Waals surface area contributed by atoms with E-state index >= 15 is 0 Å². The van der Waals surface area contributed by atoms with Crippen LogP contribution in [0.1, 0.15) is 48.2 Å². The topological polar surface area (TPSA) is 19.0 Å². The molecule has 0 bridgehead atoms. The summed E-state index contributed by atoms with van der Waals surface area (Å²) in [5.41, 5.74) is 6.29. The van der Waals surface area contributed by atoms with Crippen LogP contribution in [0.15, 0.2) is 42.5 Å². The molecule has 3 heteroatoms. The van der Waals surface area contributed by atoms with Gasteiger partial charge in [-0.3, -0.25) is 4.90 Å². The number of fused-ring (bicyclic) bond motifs is 1. The summed E-state index contributed by atoms with van der Waals surface area (Å²) in [6, 6.07) is 14.3. The molecule has 26 heavy (non-hydrogen) atoms. The fraction of sp³-hybridized carbons (Fsp3) is 0.391. The van der Waals surface area contributed by atoms with Gasteiger partial charge in [-0.1, -0.05) is 25.1 Å². The van der Waals surface area contributed by atoms with Gasteiger partial charge in [0, 0.05) is 23.1 Å². The molecular weight excluding hydrogens is 323 g/mol. The zero-order chi connectivity index (χ0) is 18.3. The number of nitrogens with zero attached hydrogens (tertiary/aromatic N) is 1. The number of rotatable bonds is 3. The maximum Gasteiger partial charge on any atom is 0.123 e. The molecule has 2 atom stereocenters. The van der Waals surface area contributed by atoms with Crippen molar-refractivity contribution in [1.29, 1.82) is 0 Å². The number of aromatic amines is 1. The van der Waals surface area contributed by atoms with Gasteiger partial charge in [0.05, 0.1) is 6.04 Å². The smallest absolute Gasteiger partial charge is 0.123 e. The first-order valence-electron chi connectivity index (χ1n) is 9.58. The maximum absolute atomic E-state index is 13.6. The summed E-state index contributed by atoms with van der Waals surface area (Å²) < 4.78 is 13.6. The molecule has 1 fully saturated rings. The van der Waals surface area contributed by atoms with Crippen molar-refractivity contribution in [3.63, 3.8) is 0 Å². The number of benzene rings is 2. The Kier molecular flexibility index (Phi) is 4.58. The normalized spacial score (nSPS) is 21.4. The van der Waals surface area contributed by atoms with Crippen molar-refractivity contribution < 1.29 is 4.39 Å². The lowest BCUT2D eigenvalue weighted by Crippen LogP contribution is -2.36. The minimum atomic E-state index is -0.174. The van der Waals surface area contributed by atoms with Crippen molar-refractivity contribution in [3.05, 3.63) is 70.7 Å². The van der Waals surface area contributed by atoms with Gasteiger partial charge in [0.2, 0.25) is 0 Å². The van der Waals surface area contributed by atoms with Gasteiger partial charge < -0.3 is 4.98 Å². The SMILES string of the molecule is Cc1ccc(CN2CCC(C)CC2c2cc3cc(F)ccc3[nH]2)cc1C. The lowest BCUT2D eigenvalue weighted by atomic mass is 9.90. The largest absolute Gasteiger partial charge is 0.357 e. The maximum atomic E-state index is 13.6. The molecule has 2 heterocycles. The number of aryl methyl sites for hydroxylation is 2. The second-order valence-electron chi connectivity index (χ2n) is 7.99. The third-order valence-corrected chi connectivity index (χ3v) is 5.90. The number of nitrogens with one attached hydrogen (secondary N) is 1. The third kappa shape index (κ3) is 3.41. The third-order valence-electron chi connectivity index (χ3n) is 5.90. The number of piperidine rings is 1. The quantitative estimate of drug-likeness (QED) is 0.623. The van der Waals surface area contributed by atoms with Gasteiger partial charge in [0.15, 0.2) is 0 Å². The predicted octanol–water partition coefficient (Wildman–Crippen LogP) is 5.90. The Hall–Kier alpha value is -2.13. The van der Waals surface area contributed by atoms with Gasteiger partial charge in [0.25, 0.3) is 0 Å². The highest BCUT2D eigenvalue weighted by molar-refractivity contribution is 5.80. The van der Waals surface area contributed by atoms with Crippen molar-refractivity contribution in [3.8, 4) is 0 Å². The Morgan fingerprint density at radius 3 is 2.73 bits per heavy atom. The van der Waals surface area contributed by atoms with E-state index in [1.165, 1.54) is 34.9 Å². The molecule has 0 amide bonds. The monoisotopic (exact) mass is 350 g/mol. The van der Waals surface area contributed by atoms with Crippen LogP contribution >= 0.6 is 0 Å². The Labute approximate surface area is 155 Å².